The number of phosphoric acid groups is 1. The van der Waals surface area contributed by atoms with Crippen LogP contribution in [0.3, 0.4) is 0 Å². The zero-order chi connectivity index (χ0) is 64.1. The van der Waals surface area contributed by atoms with Crippen molar-refractivity contribution in [3.8, 4) is 0 Å². The molecule has 88 heavy (non-hydrogen) atoms. The zero-order valence-electron chi connectivity index (χ0n) is 57.4. The van der Waals surface area contributed by atoms with E-state index in [9.17, 15) is 19.0 Å². The lowest BCUT2D eigenvalue weighted by molar-refractivity contribution is -0.870. The predicted octanol–water partition coefficient (Wildman–Crippen LogP) is 23.6. The van der Waals surface area contributed by atoms with Gasteiger partial charge in [-0.1, -0.05) is 308 Å². The molecule has 9 nitrogen and oxygen atoms in total. The second-order valence-electron chi connectivity index (χ2n) is 24.9. The lowest BCUT2D eigenvalue weighted by atomic mass is 10.0. The summed E-state index contributed by atoms with van der Waals surface area (Å²) in [4.78, 5) is 35.9. The maximum Gasteiger partial charge on any atom is 0.472 e. The van der Waals surface area contributed by atoms with Gasteiger partial charge in [-0.15, -0.1) is 0 Å². The number of esters is 2. The Bertz CT molecular complexity index is 1950. The summed E-state index contributed by atoms with van der Waals surface area (Å²) in [6, 6.07) is 0. The average molecular weight is 1250 g/mol. The molecule has 0 aliphatic rings. The number of rotatable bonds is 65. The van der Waals surface area contributed by atoms with Crippen LogP contribution in [-0.2, 0) is 32.7 Å². The van der Waals surface area contributed by atoms with Crippen molar-refractivity contribution in [1.29, 1.82) is 0 Å². The molecule has 504 valence electrons. The molecule has 0 spiro atoms. The number of likely N-dealkylation sites (N-methyl/N-ethyl adjacent to an activating group) is 1. The molecule has 0 aliphatic heterocycles. The topological polar surface area (TPSA) is 108 Å². The van der Waals surface area contributed by atoms with Crippen LogP contribution in [0.15, 0.2) is 134 Å². The fourth-order valence-corrected chi connectivity index (χ4v) is 10.5. The molecule has 1 N–H and O–H groups in total. The fourth-order valence-electron chi connectivity index (χ4n) is 9.75. The predicted molar refractivity (Wildman–Crippen MR) is 381 cm³/mol. The van der Waals surface area contributed by atoms with Gasteiger partial charge in [0.1, 0.15) is 19.8 Å². The Hall–Kier alpha value is -3.85. The van der Waals surface area contributed by atoms with Crippen molar-refractivity contribution >= 4 is 19.8 Å². The molecular weight excluding hydrogens is 1110 g/mol. The number of unbranched alkanes of at least 4 members (excludes halogenated alkanes) is 29. The largest absolute Gasteiger partial charge is 0.472 e. The first-order chi connectivity index (χ1) is 43.0. The van der Waals surface area contributed by atoms with E-state index in [0.29, 0.717) is 17.4 Å². The lowest BCUT2D eigenvalue weighted by Crippen LogP contribution is -2.37. The van der Waals surface area contributed by atoms with Gasteiger partial charge in [-0.25, -0.2) is 4.57 Å². The zero-order valence-corrected chi connectivity index (χ0v) is 58.3. The third-order valence-electron chi connectivity index (χ3n) is 15.2. The smallest absolute Gasteiger partial charge is 0.462 e. The molecule has 0 rings (SSSR count). The summed E-state index contributed by atoms with van der Waals surface area (Å²) < 4.78 is 34.7. The van der Waals surface area contributed by atoms with Crippen molar-refractivity contribution in [3.63, 3.8) is 0 Å². The maximum atomic E-state index is 12.9. The molecule has 0 fully saturated rings. The second kappa shape index (κ2) is 67.5. The van der Waals surface area contributed by atoms with Crippen LogP contribution in [0.2, 0.25) is 0 Å². The molecule has 0 aromatic heterocycles. The molecule has 0 aromatic carbocycles. The van der Waals surface area contributed by atoms with Crippen LogP contribution in [0.4, 0.5) is 0 Å². The summed E-state index contributed by atoms with van der Waals surface area (Å²) >= 11 is 0. The first-order valence-electron chi connectivity index (χ1n) is 35.9. The number of allylic oxidation sites excluding steroid dienone is 22. The van der Waals surface area contributed by atoms with E-state index in [1.54, 1.807) is 0 Å². The van der Waals surface area contributed by atoms with Crippen molar-refractivity contribution in [1.82, 2.24) is 0 Å². The van der Waals surface area contributed by atoms with Gasteiger partial charge in [0.2, 0.25) is 0 Å². The number of hydrogen-bond acceptors (Lipinski definition) is 7. The second-order valence-corrected chi connectivity index (χ2v) is 26.3. The molecule has 0 amide bonds. The van der Waals surface area contributed by atoms with Crippen LogP contribution in [0.5, 0.6) is 0 Å². The SMILES string of the molecule is CC/C=C\C/C=C\C/C=C\C/C=C\C/C=C\C/C=C\CCCCCCCCCCCCCCCCCCCCCCC(=O)OC(COC(=O)CCCCCCCCCCC/C=C\C/C=C\C/C=C\C/C=C\C/C=C\CC)COP(=O)(O)OCC[N+](C)(C)C. The average Bonchev–Trinajstić information content (AvgIpc) is 3.68. The minimum absolute atomic E-state index is 0.0265. The van der Waals surface area contributed by atoms with Gasteiger partial charge in [0.15, 0.2) is 6.10 Å². The van der Waals surface area contributed by atoms with Crippen LogP contribution >= 0.6 is 7.82 Å². The van der Waals surface area contributed by atoms with E-state index < -0.39 is 26.5 Å². The minimum Gasteiger partial charge on any atom is -0.462 e. The summed E-state index contributed by atoms with van der Waals surface area (Å²) in [6.45, 7) is 4.22. The van der Waals surface area contributed by atoms with Gasteiger partial charge in [-0.05, 0) is 109 Å². The standard InChI is InChI=1S/C78H134NO8P/c1-6-8-10-12-14-16-18-20-22-24-26-28-30-32-33-34-35-36-37-38-39-40-41-42-43-44-45-47-49-51-53-55-57-59-61-63-65-67-69-71-78(81)87-76(75-86-88(82,83)85-73-72-79(3,4)5)74-84-77(80)70-68-66-64-62-60-58-56-54-52-50-48-46-31-29-27-25-23-21-19-17-15-13-11-9-7-2/h8-11,14-17,20-23,26-29,32-33,35-36,46,48,76H,6-7,12-13,18-19,24-25,30-31,34,37-45,47,49-75H2,1-5H3/p+1/b10-8-,11-9-,16-14-,17-15-,22-20-,23-21-,28-26-,29-27-,33-32-,36-35-,48-46-. The number of hydrogen-bond donors (Lipinski definition) is 1. The number of nitrogens with zero attached hydrogens (tertiary/aromatic N) is 1. The lowest BCUT2D eigenvalue weighted by Gasteiger charge is -2.24. The highest BCUT2D eigenvalue weighted by Gasteiger charge is 2.27. The maximum absolute atomic E-state index is 12.9. The van der Waals surface area contributed by atoms with Crippen LogP contribution in [-0.4, -0.2) is 74.9 Å². The van der Waals surface area contributed by atoms with E-state index in [0.717, 1.165) is 116 Å². The Morgan fingerprint density at radius 1 is 0.352 bits per heavy atom. The summed E-state index contributed by atoms with van der Waals surface area (Å²) in [7, 11) is 1.47. The third kappa shape index (κ3) is 71.2. The molecular formula is C78H135NO8P+. The van der Waals surface area contributed by atoms with Gasteiger partial charge >= 0.3 is 19.8 Å². The van der Waals surface area contributed by atoms with Gasteiger partial charge in [-0.3, -0.25) is 18.6 Å². The molecule has 0 saturated heterocycles. The monoisotopic (exact) mass is 1240 g/mol. The first-order valence-corrected chi connectivity index (χ1v) is 37.4. The van der Waals surface area contributed by atoms with E-state index in [1.165, 1.54) is 148 Å². The summed E-state index contributed by atoms with van der Waals surface area (Å²) in [5.41, 5.74) is 0. The molecule has 0 saturated carbocycles. The first kappa shape index (κ1) is 84.2. The Kier molecular flexibility index (Phi) is 64.6. The van der Waals surface area contributed by atoms with E-state index in [1.807, 2.05) is 21.1 Å². The number of ether oxygens (including phenoxy) is 2. The van der Waals surface area contributed by atoms with E-state index in [2.05, 4.69) is 148 Å². The number of carbonyl (C=O) groups is 2. The Labute approximate surface area is 542 Å². The highest BCUT2D eigenvalue weighted by atomic mass is 31.2. The van der Waals surface area contributed by atoms with Gasteiger partial charge in [0.05, 0.1) is 27.7 Å². The van der Waals surface area contributed by atoms with Crippen molar-refractivity contribution in [2.75, 3.05) is 47.5 Å². The number of quaternary nitrogens is 1. The molecule has 2 atom stereocenters. The molecule has 0 aromatic rings. The molecule has 0 bridgehead atoms. The van der Waals surface area contributed by atoms with Crippen LogP contribution < -0.4 is 0 Å². The third-order valence-corrected chi connectivity index (χ3v) is 16.2. The van der Waals surface area contributed by atoms with Crippen molar-refractivity contribution in [2.45, 2.75) is 302 Å². The molecule has 0 radical (unpaired) electrons. The van der Waals surface area contributed by atoms with Crippen molar-refractivity contribution < 1.29 is 42.1 Å². The van der Waals surface area contributed by atoms with Gasteiger partial charge in [-0.2, -0.15) is 0 Å². The fraction of sp³-hybridized carbons (Fsp3) is 0.692. The highest BCUT2D eigenvalue weighted by Crippen LogP contribution is 2.43. The van der Waals surface area contributed by atoms with Gasteiger partial charge < -0.3 is 18.9 Å². The summed E-state index contributed by atoms with van der Waals surface area (Å²) in [5.74, 6) is -0.801. The molecule has 0 heterocycles. The Morgan fingerprint density at radius 2 is 0.614 bits per heavy atom. The van der Waals surface area contributed by atoms with Gasteiger partial charge in [0, 0.05) is 12.8 Å². The summed E-state index contributed by atoms with van der Waals surface area (Å²) in [5, 5.41) is 0. The van der Waals surface area contributed by atoms with E-state index in [-0.39, 0.29) is 32.0 Å². The summed E-state index contributed by atoms with van der Waals surface area (Å²) in [6.07, 6.45) is 98.5. The van der Waals surface area contributed by atoms with Crippen molar-refractivity contribution in [3.05, 3.63) is 134 Å². The van der Waals surface area contributed by atoms with Crippen LogP contribution in [0, 0.1) is 0 Å². The van der Waals surface area contributed by atoms with Crippen LogP contribution in [0.1, 0.15) is 296 Å². The quantitative estimate of drug-likeness (QED) is 0.0211. The molecule has 2 unspecified atom stereocenters. The van der Waals surface area contributed by atoms with Gasteiger partial charge in [0.25, 0.3) is 0 Å². The highest BCUT2D eigenvalue weighted by molar-refractivity contribution is 7.47. The molecule has 0 aliphatic carbocycles. The van der Waals surface area contributed by atoms with E-state index >= 15 is 0 Å². The van der Waals surface area contributed by atoms with Crippen LogP contribution in [0.25, 0.3) is 0 Å². The number of carbonyl (C=O) groups excluding carboxylic acids is 2. The Morgan fingerprint density at radius 3 is 0.909 bits per heavy atom. The Balaban J connectivity index is 4.01. The minimum atomic E-state index is -4.40. The number of phosphoric ester groups is 1. The molecule has 10 heteroatoms. The normalized spacial score (nSPS) is 13.9. The van der Waals surface area contributed by atoms with Crippen molar-refractivity contribution in [2.24, 2.45) is 0 Å². The van der Waals surface area contributed by atoms with E-state index in [4.69, 9.17) is 18.5 Å².